The first-order valence-electron chi connectivity index (χ1n) is 6.10. The number of nitrogens with zero attached hydrogens (tertiary/aromatic N) is 2. The number of hydrogen-bond donors (Lipinski definition) is 1. The Balaban J connectivity index is 2.26. The van der Waals surface area contributed by atoms with E-state index < -0.39 is 0 Å². The number of rotatable bonds is 2. The average molecular weight is 269 g/mol. The Morgan fingerprint density at radius 1 is 1.21 bits per heavy atom. The fraction of sp³-hybridized carbons (Fsp3) is 0.133. The third-order valence-corrected chi connectivity index (χ3v) is 4.03. The number of hydrogen-bond acceptors (Lipinski definition) is 3. The number of anilines is 1. The van der Waals surface area contributed by atoms with Gasteiger partial charge in [-0.05, 0) is 23.9 Å². The zero-order chi connectivity index (χ0) is 13.4. The number of aromatic nitrogens is 2. The first-order valence-corrected chi connectivity index (χ1v) is 6.98. The molecule has 2 heterocycles. The van der Waals surface area contributed by atoms with Gasteiger partial charge in [0.25, 0.3) is 0 Å². The Labute approximate surface area is 116 Å². The molecule has 0 aliphatic carbocycles. The van der Waals surface area contributed by atoms with E-state index in [1.54, 1.807) is 16.0 Å². The Morgan fingerprint density at radius 3 is 2.74 bits per heavy atom. The standard InChI is InChI=1S/C15H15N3S/c1-10-5-3-6-11(9-10)13-14(12-7-4-8-19-12)17-18(2)15(13)16/h3-9H,16H2,1-2H3. The smallest absolute Gasteiger partial charge is 0.129 e. The second kappa shape index (κ2) is 4.55. The molecule has 0 unspecified atom stereocenters. The summed E-state index contributed by atoms with van der Waals surface area (Å²) in [5, 5.41) is 6.62. The van der Waals surface area contributed by atoms with Gasteiger partial charge in [0, 0.05) is 7.05 Å². The second-order valence-corrected chi connectivity index (χ2v) is 5.53. The molecule has 0 saturated heterocycles. The molecule has 2 N–H and O–H groups in total. The fourth-order valence-electron chi connectivity index (χ4n) is 2.21. The van der Waals surface area contributed by atoms with Crippen LogP contribution in [-0.4, -0.2) is 9.78 Å². The van der Waals surface area contributed by atoms with Gasteiger partial charge in [0.1, 0.15) is 11.5 Å². The van der Waals surface area contributed by atoms with Crippen LogP contribution in [0.1, 0.15) is 5.56 Å². The molecule has 19 heavy (non-hydrogen) atoms. The van der Waals surface area contributed by atoms with Crippen molar-refractivity contribution >= 4 is 17.2 Å². The highest BCUT2D eigenvalue weighted by Crippen LogP contribution is 2.37. The third kappa shape index (κ3) is 2.04. The summed E-state index contributed by atoms with van der Waals surface area (Å²) in [6.07, 6.45) is 0. The maximum atomic E-state index is 6.20. The molecule has 96 valence electrons. The molecule has 0 aliphatic heterocycles. The van der Waals surface area contributed by atoms with Gasteiger partial charge in [-0.3, -0.25) is 4.68 Å². The van der Waals surface area contributed by atoms with Crippen molar-refractivity contribution in [2.45, 2.75) is 6.92 Å². The molecule has 1 aromatic carbocycles. The van der Waals surface area contributed by atoms with Crippen molar-refractivity contribution in [2.24, 2.45) is 7.05 Å². The van der Waals surface area contributed by atoms with Crippen molar-refractivity contribution in [1.82, 2.24) is 9.78 Å². The summed E-state index contributed by atoms with van der Waals surface area (Å²) >= 11 is 1.68. The highest BCUT2D eigenvalue weighted by Gasteiger charge is 2.17. The zero-order valence-electron chi connectivity index (χ0n) is 10.9. The normalized spacial score (nSPS) is 10.8. The Morgan fingerprint density at radius 2 is 2.05 bits per heavy atom. The molecule has 0 atom stereocenters. The van der Waals surface area contributed by atoms with E-state index in [1.807, 2.05) is 13.1 Å². The van der Waals surface area contributed by atoms with Crippen LogP contribution in [-0.2, 0) is 7.05 Å². The summed E-state index contributed by atoms with van der Waals surface area (Å²) in [5.74, 6) is 0.703. The minimum absolute atomic E-state index is 0.703. The lowest BCUT2D eigenvalue weighted by molar-refractivity contribution is 0.783. The van der Waals surface area contributed by atoms with E-state index in [2.05, 4.69) is 47.7 Å². The largest absolute Gasteiger partial charge is 0.383 e. The van der Waals surface area contributed by atoms with Gasteiger partial charge in [-0.15, -0.1) is 11.3 Å². The zero-order valence-corrected chi connectivity index (χ0v) is 11.7. The summed E-state index contributed by atoms with van der Waals surface area (Å²) in [6.45, 7) is 2.08. The Bertz CT molecular complexity index is 711. The summed E-state index contributed by atoms with van der Waals surface area (Å²) in [7, 11) is 1.88. The minimum Gasteiger partial charge on any atom is -0.383 e. The van der Waals surface area contributed by atoms with Crippen LogP contribution in [0.4, 0.5) is 5.82 Å². The molecule has 0 radical (unpaired) electrons. The van der Waals surface area contributed by atoms with Crippen LogP contribution >= 0.6 is 11.3 Å². The fourth-order valence-corrected chi connectivity index (χ4v) is 2.92. The van der Waals surface area contributed by atoms with Crippen LogP contribution < -0.4 is 5.73 Å². The highest BCUT2D eigenvalue weighted by molar-refractivity contribution is 7.13. The average Bonchev–Trinajstić information content (AvgIpc) is 2.99. The number of benzene rings is 1. The van der Waals surface area contributed by atoms with E-state index in [9.17, 15) is 0 Å². The molecule has 4 heteroatoms. The number of aryl methyl sites for hydroxylation is 2. The molecule has 0 bridgehead atoms. The molecule has 0 aliphatic rings. The van der Waals surface area contributed by atoms with Gasteiger partial charge >= 0.3 is 0 Å². The van der Waals surface area contributed by atoms with E-state index >= 15 is 0 Å². The van der Waals surface area contributed by atoms with Crippen molar-refractivity contribution in [3.63, 3.8) is 0 Å². The van der Waals surface area contributed by atoms with Gasteiger partial charge in [-0.25, -0.2) is 0 Å². The van der Waals surface area contributed by atoms with Gasteiger partial charge in [0.15, 0.2) is 0 Å². The van der Waals surface area contributed by atoms with Gasteiger partial charge < -0.3 is 5.73 Å². The SMILES string of the molecule is Cc1cccc(-c2c(-c3cccs3)nn(C)c2N)c1. The maximum Gasteiger partial charge on any atom is 0.129 e. The molecule has 3 rings (SSSR count). The molecule has 0 fully saturated rings. The van der Waals surface area contributed by atoms with E-state index in [-0.39, 0.29) is 0 Å². The van der Waals surface area contributed by atoms with E-state index in [1.165, 1.54) is 5.56 Å². The molecule has 0 amide bonds. The molecule has 3 nitrogen and oxygen atoms in total. The van der Waals surface area contributed by atoms with E-state index in [0.717, 1.165) is 21.7 Å². The quantitative estimate of drug-likeness (QED) is 0.770. The lowest BCUT2D eigenvalue weighted by atomic mass is 10.0. The summed E-state index contributed by atoms with van der Waals surface area (Å²) in [6, 6.07) is 12.5. The maximum absolute atomic E-state index is 6.20. The Kier molecular flexibility index (Phi) is 2.87. The van der Waals surface area contributed by atoms with Gasteiger partial charge in [0.2, 0.25) is 0 Å². The van der Waals surface area contributed by atoms with Crippen molar-refractivity contribution in [3.05, 3.63) is 47.3 Å². The molecular formula is C15H15N3S. The van der Waals surface area contributed by atoms with E-state index in [4.69, 9.17) is 5.73 Å². The van der Waals surface area contributed by atoms with Crippen LogP contribution in [0, 0.1) is 6.92 Å². The Hall–Kier alpha value is -2.07. The monoisotopic (exact) mass is 269 g/mol. The topological polar surface area (TPSA) is 43.8 Å². The molecule has 2 aromatic heterocycles. The number of thiophene rings is 1. The summed E-state index contributed by atoms with van der Waals surface area (Å²) in [5.41, 5.74) is 10.5. The lowest BCUT2D eigenvalue weighted by Crippen LogP contribution is -1.98. The molecule has 0 saturated carbocycles. The van der Waals surface area contributed by atoms with Crippen LogP contribution in [0.5, 0.6) is 0 Å². The summed E-state index contributed by atoms with van der Waals surface area (Å²) in [4.78, 5) is 1.14. The van der Waals surface area contributed by atoms with Gasteiger partial charge in [0.05, 0.1) is 10.4 Å². The van der Waals surface area contributed by atoms with Crippen molar-refractivity contribution in [2.75, 3.05) is 5.73 Å². The lowest BCUT2D eigenvalue weighted by Gasteiger charge is -2.04. The first kappa shape index (κ1) is 12.0. The van der Waals surface area contributed by atoms with Gasteiger partial charge in [-0.2, -0.15) is 5.10 Å². The van der Waals surface area contributed by atoms with Crippen molar-refractivity contribution in [1.29, 1.82) is 0 Å². The van der Waals surface area contributed by atoms with Crippen molar-refractivity contribution < 1.29 is 0 Å². The predicted molar refractivity (Wildman–Crippen MR) is 81.1 cm³/mol. The minimum atomic E-state index is 0.703. The van der Waals surface area contributed by atoms with Crippen molar-refractivity contribution in [3.8, 4) is 21.7 Å². The van der Waals surface area contributed by atoms with Crippen LogP contribution in [0.15, 0.2) is 41.8 Å². The number of nitrogens with two attached hydrogens (primary N) is 1. The molecule has 3 aromatic rings. The van der Waals surface area contributed by atoms with Crippen LogP contribution in [0.25, 0.3) is 21.7 Å². The van der Waals surface area contributed by atoms with Gasteiger partial charge in [-0.1, -0.05) is 35.9 Å². The first-order chi connectivity index (χ1) is 9.16. The number of nitrogen functional groups attached to an aromatic ring is 1. The third-order valence-electron chi connectivity index (χ3n) is 3.15. The second-order valence-electron chi connectivity index (χ2n) is 4.58. The van der Waals surface area contributed by atoms with Crippen LogP contribution in [0.3, 0.4) is 0 Å². The molecule has 0 spiro atoms. The molecular weight excluding hydrogens is 254 g/mol. The van der Waals surface area contributed by atoms with Crippen LogP contribution in [0.2, 0.25) is 0 Å². The van der Waals surface area contributed by atoms with E-state index in [0.29, 0.717) is 5.82 Å². The highest BCUT2D eigenvalue weighted by atomic mass is 32.1. The summed E-state index contributed by atoms with van der Waals surface area (Å²) < 4.78 is 1.74. The predicted octanol–water partition coefficient (Wildman–Crippen LogP) is 3.71.